The highest BCUT2D eigenvalue weighted by Gasteiger charge is 2.34. The minimum Gasteiger partial charge on any atom is -0.511 e. The number of nitrogens with zero attached hydrogens (tertiary/aromatic N) is 1. The van der Waals surface area contributed by atoms with Gasteiger partial charge in [-0.3, -0.25) is 4.79 Å². The van der Waals surface area contributed by atoms with Gasteiger partial charge < -0.3 is 21.0 Å². The number of primary amides is 1. The minimum absolute atomic E-state index is 0.0371. The van der Waals surface area contributed by atoms with Crippen LogP contribution >= 0.6 is 11.8 Å². The highest BCUT2D eigenvalue weighted by Crippen LogP contribution is 2.44. The Bertz CT molecular complexity index is 937. The van der Waals surface area contributed by atoms with Crippen LogP contribution in [-0.2, 0) is 9.63 Å². The first-order valence-corrected chi connectivity index (χ1v) is 11.6. The van der Waals surface area contributed by atoms with Gasteiger partial charge in [0.15, 0.2) is 5.78 Å². The summed E-state index contributed by atoms with van der Waals surface area (Å²) in [6, 6.07) is -0.627. The molecule has 0 spiro atoms. The van der Waals surface area contributed by atoms with Gasteiger partial charge >= 0.3 is 6.03 Å². The SMILES string of the molecule is CCON=C(CC)C1=C(O)CC(c2c(C)c(NC(N)=O)c(C)c(SCC)c2C)CC1=O. The maximum Gasteiger partial charge on any atom is 0.316 e. The van der Waals surface area contributed by atoms with E-state index in [4.69, 9.17) is 10.6 Å². The minimum atomic E-state index is -0.627. The Morgan fingerprint density at radius 3 is 2.39 bits per heavy atom. The van der Waals surface area contributed by atoms with Crippen LogP contribution in [-0.4, -0.2) is 35.0 Å². The summed E-state index contributed by atoms with van der Waals surface area (Å²) in [6.07, 6.45) is 1.06. The molecule has 1 aromatic carbocycles. The average Bonchev–Trinajstić information content (AvgIpc) is 2.70. The lowest BCUT2D eigenvalue weighted by atomic mass is 9.77. The number of aliphatic hydroxyl groups excluding tert-OH is 1. The predicted octanol–water partition coefficient (Wildman–Crippen LogP) is 5.28. The van der Waals surface area contributed by atoms with Crippen LogP contribution in [0.1, 0.15) is 68.2 Å². The molecule has 1 unspecified atom stereocenters. The van der Waals surface area contributed by atoms with E-state index in [1.807, 2.05) is 34.6 Å². The number of hydrogen-bond donors (Lipinski definition) is 3. The zero-order valence-corrected chi connectivity index (χ0v) is 20.0. The quantitative estimate of drug-likeness (QED) is 0.285. The van der Waals surface area contributed by atoms with Gasteiger partial charge in [0.25, 0.3) is 0 Å². The monoisotopic (exact) mass is 447 g/mol. The van der Waals surface area contributed by atoms with E-state index in [1.54, 1.807) is 11.8 Å². The molecule has 0 fully saturated rings. The number of nitrogens with two attached hydrogens (primary N) is 1. The maximum absolute atomic E-state index is 13.1. The highest BCUT2D eigenvalue weighted by atomic mass is 32.2. The molecule has 0 aliphatic heterocycles. The summed E-state index contributed by atoms with van der Waals surface area (Å²) in [7, 11) is 0. The van der Waals surface area contributed by atoms with Gasteiger partial charge in [-0.05, 0) is 68.0 Å². The van der Waals surface area contributed by atoms with Gasteiger partial charge in [-0.15, -0.1) is 11.8 Å². The van der Waals surface area contributed by atoms with Crippen molar-refractivity contribution in [3.05, 3.63) is 33.6 Å². The van der Waals surface area contributed by atoms with Crippen molar-refractivity contribution in [1.82, 2.24) is 0 Å². The third kappa shape index (κ3) is 5.23. The Labute approximate surface area is 188 Å². The van der Waals surface area contributed by atoms with E-state index >= 15 is 0 Å². The lowest BCUT2D eigenvalue weighted by Gasteiger charge is -2.30. The fraction of sp³-hybridized carbons (Fsp3) is 0.522. The third-order valence-corrected chi connectivity index (χ3v) is 6.74. The third-order valence-electron chi connectivity index (χ3n) is 5.55. The van der Waals surface area contributed by atoms with Crippen LogP contribution in [0.25, 0.3) is 0 Å². The van der Waals surface area contributed by atoms with Crippen molar-refractivity contribution in [2.24, 2.45) is 10.9 Å². The number of urea groups is 1. The molecule has 8 heteroatoms. The van der Waals surface area contributed by atoms with Crippen molar-refractivity contribution in [3.8, 4) is 0 Å². The summed E-state index contributed by atoms with van der Waals surface area (Å²) in [5, 5.41) is 17.6. The van der Waals surface area contributed by atoms with Crippen molar-refractivity contribution in [2.45, 2.75) is 71.6 Å². The van der Waals surface area contributed by atoms with Crippen LogP contribution < -0.4 is 11.1 Å². The predicted molar refractivity (Wildman–Crippen MR) is 126 cm³/mol. The van der Waals surface area contributed by atoms with Crippen molar-refractivity contribution in [1.29, 1.82) is 0 Å². The Kier molecular flexibility index (Phi) is 8.56. The number of ketones is 1. The van der Waals surface area contributed by atoms with Gasteiger partial charge in [-0.2, -0.15) is 0 Å². The molecule has 170 valence electrons. The summed E-state index contributed by atoms with van der Waals surface area (Å²) >= 11 is 1.69. The first-order valence-electron chi connectivity index (χ1n) is 10.6. The number of carbonyl (C=O) groups is 2. The lowest BCUT2D eigenvalue weighted by molar-refractivity contribution is -0.116. The van der Waals surface area contributed by atoms with Crippen molar-refractivity contribution < 1.29 is 19.5 Å². The Hall–Kier alpha value is -2.48. The summed E-state index contributed by atoms with van der Waals surface area (Å²) in [5.74, 6) is 0.552. The molecular weight excluding hydrogens is 414 g/mol. The zero-order chi connectivity index (χ0) is 23.3. The number of amides is 2. The first kappa shape index (κ1) is 24.8. The molecule has 1 aliphatic rings. The van der Waals surface area contributed by atoms with Gasteiger partial charge in [0.1, 0.15) is 12.4 Å². The average molecular weight is 448 g/mol. The second-order valence-electron chi connectivity index (χ2n) is 7.57. The number of aliphatic hydroxyl groups is 1. The highest BCUT2D eigenvalue weighted by molar-refractivity contribution is 7.99. The summed E-state index contributed by atoms with van der Waals surface area (Å²) in [4.78, 5) is 30.9. The molecule has 0 bridgehead atoms. The molecule has 0 heterocycles. The number of allylic oxidation sites excluding steroid dienone is 2. The number of carbonyl (C=O) groups excluding carboxylic acids is 2. The Morgan fingerprint density at radius 1 is 1.19 bits per heavy atom. The molecule has 0 saturated carbocycles. The molecule has 31 heavy (non-hydrogen) atoms. The lowest BCUT2D eigenvalue weighted by Crippen LogP contribution is -2.26. The largest absolute Gasteiger partial charge is 0.511 e. The van der Waals surface area contributed by atoms with Crippen molar-refractivity contribution in [2.75, 3.05) is 17.7 Å². The summed E-state index contributed by atoms with van der Waals surface area (Å²) in [5.41, 5.74) is 10.7. The second-order valence-corrected chi connectivity index (χ2v) is 8.85. The van der Waals surface area contributed by atoms with E-state index < -0.39 is 6.03 Å². The maximum atomic E-state index is 13.1. The summed E-state index contributed by atoms with van der Waals surface area (Å²) < 4.78 is 0. The van der Waals surface area contributed by atoms with Gasteiger partial charge in [-0.25, -0.2) is 4.79 Å². The van der Waals surface area contributed by atoms with Gasteiger partial charge in [0.05, 0.1) is 11.3 Å². The number of Topliss-reactive ketones (excluding diaryl/α,β-unsaturated/α-hetero) is 1. The molecule has 0 aromatic heterocycles. The summed E-state index contributed by atoms with van der Waals surface area (Å²) in [6.45, 7) is 12.1. The standard InChI is InChI=1S/C23H33N3O4S/c1-7-16(26-30-8-2)20-17(27)10-15(11-18(20)28)19-12(4)21(25-23(24)29)14(6)22(13(19)5)31-9-3/h15,27H,7-11H2,1-6H3,(H3,24,25,29). The molecular formula is C23H33N3O4S. The van der Waals surface area contributed by atoms with Gasteiger partial charge in [0.2, 0.25) is 0 Å². The van der Waals surface area contributed by atoms with E-state index in [1.165, 1.54) is 0 Å². The smallest absolute Gasteiger partial charge is 0.316 e. The molecule has 0 saturated heterocycles. The molecule has 2 amide bonds. The zero-order valence-electron chi connectivity index (χ0n) is 19.2. The number of hydrogen-bond acceptors (Lipinski definition) is 6. The van der Waals surface area contributed by atoms with Crippen LogP contribution in [0.2, 0.25) is 0 Å². The van der Waals surface area contributed by atoms with Crippen molar-refractivity contribution in [3.63, 3.8) is 0 Å². The topological polar surface area (TPSA) is 114 Å². The number of rotatable bonds is 8. The number of anilines is 1. The van der Waals surface area contributed by atoms with E-state index in [0.29, 0.717) is 30.8 Å². The molecule has 1 aromatic rings. The molecule has 2 rings (SSSR count). The molecule has 0 radical (unpaired) electrons. The van der Waals surface area contributed by atoms with E-state index in [-0.39, 0.29) is 29.5 Å². The van der Waals surface area contributed by atoms with Crippen LogP contribution in [0, 0.1) is 20.8 Å². The number of thioether (sulfide) groups is 1. The molecule has 1 aliphatic carbocycles. The van der Waals surface area contributed by atoms with Gasteiger partial charge in [0, 0.05) is 23.4 Å². The molecule has 1 atom stereocenters. The van der Waals surface area contributed by atoms with E-state index in [9.17, 15) is 14.7 Å². The van der Waals surface area contributed by atoms with Gasteiger partial charge in [-0.1, -0.05) is 19.0 Å². The fourth-order valence-electron chi connectivity index (χ4n) is 4.35. The van der Waals surface area contributed by atoms with E-state index in [0.717, 1.165) is 32.9 Å². The van der Waals surface area contributed by atoms with Crippen LogP contribution in [0.5, 0.6) is 0 Å². The van der Waals surface area contributed by atoms with Crippen molar-refractivity contribution >= 4 is 35.0 Å². The van der Waals surface area contributed by atoms with Crippen LogP contribution in [0.4, 0.5) is 10.5 Å². The number of benzene rings is 1. The number of nitrogens with one attached hydrogen (secondary N) is 1. The van der Waals surface area contributed by atoms with E-state index in [2.05, 4.69) is 17.4 Å². The van der Waals surface area contributed by atoms with Crippen LogP contribution in [0.3, 0.4) is 0 Å². The Morgan fingerprint density at radius 2 is 1.87 bits per heavy atom. The first-order chi connectivity index (χ1) is 14.7. The normalized spacial score (nSPS) is 17.2. The molecule has 7 nitrogen and oxygen atoms in total. The molecule has 4 N–H and O–H groups in total. The fourth-order valence-corrected chi connectivity index (χ4v) is 5.29. The second kappa shape index (κ2) is 10.7. The number of oxime groups is 1. The van der Waals surface area contributed by atoms with Crippen LogP contribution in [0.15, 0.2) is 21.4 Å². The Balaban J connectivity index is 2.60.